The number of hydrogen-bond donors (Lipinski definition) is 9. The van der Waals surface area contributed by atoms with Crippen LogP contribution in [-0.4, -0.2) is 77.1 Å². The van der Waals surface area contributed by atoms with E-state index in [1.165, 1.54) is 0 Å². The van der Waals surface area contributed by atoms with Gasteiger partial charge >= 0.3 is 5.97 Å². The molecule has 0 saturated carbocycles. The number of aliphatic imine (C=N–C) groups is 1. The van der Waals surface area contributed by atoms with Crippen LogP contribution in [0.1, 0.15) is 39.5 Å². The quantitative estimate of drug-likeness (QED) is 0.0442. The molecule has 0 heterocycles. The summed E-state index contributed by atoms with van der Waals surface area (Å²) in [4.78, 5) is 64.5. The molecular weight excluding hydrogens is 468 g/mol. The zero-order chi connectivity index (χ0) is 26.4. The van der Waals surface area contributed by atoms with Gasteiger partial charge in [0.15, 0.2) is 5.96 Å². The number of carboxylic acid groups (broad SMARTS) is 1. The van der Waals surface area contributed by atoms with Crippen LogP contribution in [0.3, 0.4) is 0 Å². The predicted molar refractivity (Wildman–Crippen MR) is 128 cm³/mol. The molecule has 0 saturated heterocycles. The number of aliphatic carboxylic acids is 1. The summed E-state index contributed by atoms with van der Waals surface area (Å²) in [5.41, 5.74) is 21.4. The molecule has 0 aliphatic heterocycles. The van der Waals surface area contributed by atoms with Crippen molar-refractivity contribution in [2.75, 3.05) is 12.3 Å². The average Bonchev–Trinajstić information content (AvgIpc) is 2.72. The van der Waals surface area contributed by atoms with E-state index in [1.807, 2.05) is 0 Å². The summed E-state index contributed by atoms with van der Waals surface area (Å²) in [7, 11) is 0. The van der Waals surface area contributed by atoms with Crippen LogP contribution in [0, 0.1) is 5.92 Å². The van der Waals surface area contributed by atoms with E-state index in [2.05, 4.69) is 33.6 Å². The van der Waals surface area contributed by atoms with Crippen molar-refractivity contribution in [2.45, 2.75) is 63.7 Å². The van der Waals surface area contributed by atoms with Gasteiger partial charge < -0.3 is 44.0 Å². The number of amides is 4. The highest BCUT2D eigenvalue weighted by Gasteiger charge is 2.31. The second-order valence-corrected chi connectivity index (χ2v) is 8.42. The van der Waals surface area contributed by atoms with E-state index >= 15 is 0 Å². The van der Waals surface area contributed by atoms with Gasteiger partial charge in [0.25, 0.3) is 0 Å². The fourth-order valence-electron chi connectivity index (χ4n) is 2.78. The third-order valence-electron chi connectivity index (χ3n) is 4.47. The topological polar surface area (TPSA) is 258 Å². The van der Waals surface area contributed by atoms with Crippen molar-refractivity contribution in [3.05, 3.63) is 0 Å². The molecule has 4 unspecified atom stereocenters. The standard InChI is InChI=1S/C19H36N8O6S/c1-9(2)6-13(18(32)33)27-17(31)12(7-14(21)28)26-16(30)11(4-3-5-24-19(22)23)25-15(29)10(20)8-34/h9-13,34H,3-8,20H2,1-2H3,(H2,21,28)(H,25,29)(H,26,30)(H,27,31)(H,32,33)(H4,22,23,24). The van der Waals surface area contributed by atoms with E-state index in [4.69, 9.17) is 22.9 Å². The second-order valence-electron chi connectivity index (χ2n) is 8.06. The first-order chi connectivity index (χ1) is 15.8. The van der Waals surface area contributed by atoms with E-state index < -0.39 is 60.2 Å². The maximum absolute atomic E-state index is 12.9. The number of nitrogens with one attached hydrogen (secondary N) is 3. The van der Waals surface area contributed by atoms with Crippen molar-refractivity contribution in [1.82, 2.24) is 16.0 Å². The van der Waals surface area contributed by atoms with Gasteiger partial charge in [-0.1, -0.05) is 13.8 Å². The lowest BCUT2D eigenvalue weighted by molar-refractivity contribution is -0.143. The normalized spacial score (nSPS) is 14.3. The molecule has 4 amide bonds. The number of guanidine groups is 1. The van der Waals surface area contributed by atoms with Crippen LogP contribution in [0.15, 0.2) is 4.99 Å². The molecule has 0 aromatic heterocycles. The van der Waals surface area contributed by atoms with Crippen molar-refractivity contribution in [1.29, 1.82) is 0 Å². The largest absolute Gasteiger partial charge is 0.480 e. The van der Waals surface area contributed by atoms with Gasteiger partial charge in [0, 0.05) is 12.3 Å². The molecule has 0 fully saturated rings. The van der Waals surface area contributed by atoms with Crippen LogP contribution >= 0.6 is 12.6 Å². The second kappa shape index (κ2) is 15.7. The predicted octanol–water partition coefficient (Wildman–Crippen LogP) is -3.24. The molecule has 0 rings (SSSR count). The lowest BCUT2D eigenvalue weighted by Gasteiger charge is -2.25. The molecule has 0 spiro atoms. The highest BCUT2D eigenvalue weighted by Crippen LogP contribution is 2.07. The SMILES string of the molecule is CC(C)CC(NC(=O)C(CC(N)=O)NC(=O)C(CCCN=C(N)N)NC(=O)C(N)CS)C(=O)O. The maximum Gasteiger partial charge on any atom is 0.326 e. The fraction of sp³-hybridized carbons (Fsp3) is 0.684. The molecule has 0 aromatic rings. The smallest absolute Gasteiger partial charge is 0.326 e. The molecule has 0 aliphatic carbocycles. The summed E-state index contributed by atoms with van der Waals surface area (Å²) in [5.74, 6) is -4.71. The first kappa shape index (κ1) is 30.9. The van der Waals surface area contributed by atoms with Gasteiger partial charge in [0.1, 0.15) is 18.1 Å². The molecule has 0 aromatic carbocycles. The number of carbonyl (C=O) groups excluding carboxylic acids is 4. The summed E-state index contributed by atoms with van der Waals surface area (Å²) >= 11 is 3.94. The Morgan fingerprint density at radius 3 is 1.91 bits per heavy atom. The molecule has 34 heavy (non-hydrogen) atoms. The van der Waals surface area contributed by atoms with Gasteiger partial charge in [-0.15, -0.1) is 0 Å². The number of hydrogen-bond acceptors (Lipinski definition) is 8. The highest BCUT2D eigenvalue weighted by atomic mass is 32.1. The van der Waals surface area contributed by atoms with Gasteiger partial charge in [-0.05, 0) is 25.2 Å². The Morgan fingerprint density at radius 2 is 1.44 bits per heavy atom. The minimum absolute atomic E-state index is 0.0211. The van der Waals surface area contributed by atoms with Gasteiger partial charge in [-0.3, -0.25) is 24.2 Å². The first-order valence-electron chi connectivity index (χ1n) is 10.6. The summed E-state index contributed by atoms with van der Waals surface area (Å²) in [6.45, 7) is 3.72. The molecule has 12 N–H and O–H groups in total. The van der Waals surface area contributed by atoms with Gasteiger partial charge in [-0.25, -0.2) is 4.79 Å². The fourth-order valence-corrected chi connectivity index (χ4v) is 2.95. The number of nitrogens with two attached hydrogens (primary N) is 4. The molecule has 0 radical (unpaired) electrons. The third-order valence-corrected chi connectivity index (χ3v) is 4.87. The van der Waals surface area contributed by atoms with Crippen LogP contribution in [-0.2, 0) is 24.0 Å². The van der Waals surface area contributed by atoms with Crippen LogP contribution in [0.2, 0.25) is 0 Å². The molecule has 14 nitrogen and oxygen atoms in total. The summed E-state index contributed by atoms with van der Waals surface area (Å²) < 4.78 is 0. The van der Waals surface area contributed by atoms with Crippen LogP contribution in [0.25, 0.3) is 0 Å². The number of carbonyl (C=O) groups is 5. The van der Waals surface area contributed by atoms with Crippen molar-refractivity contribution in [2.24, 2.45) is 33.8 Å². The molecular formula is C19H36N8O6S. The summed E-state index contributed by atoms with van der Waals surface area (Å²) in [6.07, 6.45) is -0.0992. The number of primary amides is 1. The molecule has 4 atom stereocenters. The maximum atomic E-state index is 12.9. The number of nitrogens with zero attached hydrogens (tertiary/aromatic N) is 1. The lowest BCUT2D eigenvalue weighted by Crippen LogP contribution is -2.58. The minimum atomic E-state index is -1.46. The van der Waals surface area contributed by atoms with E-state index in [0.29, 0.717) is 0 Å². The lowest BCUT2D eigenvalue weighted by atomic mass is 10.0. The van der Waals surface area contributed by atoms with E-state index in [9.17, 15) is 29.1 Å². The van der Waals surface area contributed by atoms with Crippen molar-refractivity contribution < 1.29 is 29.1 Å². The number of thiol groups is 1. The van der Waals surface area contributed by atoms with Crippen LogP contribution in [0.5, 0.6) is 0 Å². The molecule has 15 heteroatoms. The minimum Gasteiger partial charge on any atom is -0.480 e. The zero-order valence-electron chi connectivity index (χ0n) is 19.3. The Hall–Kier alpha value is -3.07. The first-order valence-corrected chi connectivity index (χ1v) is 11.3. The monoisotopic (exact) mass is 504 g/mol. The Kier molecular flexibility index (Phi) is 14.3. The molecule has 0 bridgehead atoms. The van der Waals surface area contributed by atoms with E-state index in [1.54, 1.807) is 13.8 Å². The van der Waals surface area contributed by atoms with Gasteiger partial charge in [0.2, 0.25) is 23.6 Å². The average molecular weight is 505 g/mol. The summed E-state index contributed by atoms with van der Waals surface area (Å²) in [5, 5.41) is 16.5. The summed E-state index contributed by atoms with van der Waals surface area (Å²) in [6, 6.07) is -4.84. The number of rotatable bonds is 16. The van der Waals surface area contributed by atoms with Crippen molar-refractivity contribution >= 4 is 48.2 Å². The van der Waals surface area contributed by atoms with Gasteiger partial charge in [0.05, 0.1) is 12.5 Å². The van der Waals surface area contributed by atoms with Gasteiger partial charge in [-0.2, -0.15) is 12.6 Å². The Bertz CT molecular complexity index is 759. The van der Waals surface area contributed by atoms with Crippen molar-refractivity contribution in [3.63, 3.8) is 0 Å². The number of carboxylic acids is 1. The molecule has 0 aliphatic rings. The van der Waals surface area contributed by atoms with Crippen molar-refractivity contribution in [3.8, 4) is 0 Å². The Balaban J connectivity index is 5.55. The Labute approximate surface area is 203 Å². The van der Waals surface area contributed by atoms with E-state index in [-0.39, 0.29) is 43.4 Å². The third kappa shape index (κ3) is 12.8. The Morgan fingerprint density at radius 1 is 0.912 bits per heavy atom. The molecule has 194 valence electrons. The zero-order valence-corrected chi connectivity index (χ0v) is 20.2. The highest BCUT2D eigenvalue weighted by molar-refractivity contribution is 7.80. The van der Waals surface area contributed by atoms with Crippen LogP contribution in [0.4, 0.5) is 0 Å². The van der Waals surface area contributed by atoms with E-state index in [0.717, 1.165) is 0 Å². The van der Waals surface area contributed by atoms with Crippen LogP contribution < -0.4 is 38.9 Å².